The molecule has 0 fully saturated rings. The number of hydrogen-bond acceptors (Lipinski definition) is 2. The van der Waals surface area contributed by atoms with Crippen LogP contribution in [-0.4, -0.2) is 11.7 Å². The molecule has 0 unspecified atom stereocenters. The second-order valence-corrected chi connectivity index (χ2v) is 5.04. The minimum Gasteiger partial charge on any atom is -0.493 e. The van der Waals surface area contributed by atoms with Gasteiger partial charge >= 0.3 is 0 Å². The van der Waals surface area contributed by atoms with Gasteiger partial charge in [-0.05, 0) is 26.3 Å². The Morgan fingerprint density at radius 3 is 2.26 bits per heavy atom. The predicted molar refractivity (Wildman–Crippen MR) is 78.3 cm³/mol. The molecular formula is C17H20O2. The topological polar surface area (TPSA) is 29.5 Å². The fourth-order valence-corrected chi connectivity index (χ4v) is 2.16. The van der Waals surface area contributed by atoms with Crippen molar-refractivity contribution in [2.24, 2.45) is 0 Å². The average molecular weight is 256 g/mol. The van der Waals surface area contributed by atoms with Crippen molar-refractivity contribution in [2.45, 2.75) is 26.4 Å². The van der Waals surface area contributed by atoms with Crippen LogP contribution in [0.15, 0.2) is 48.5 Å². The van der Waals surface area contributed by atoms with Crippen LogP contribution in [0.5, 0.6) is 5.75 Å². The van der Waals surface area contributed by atoms with E-state index in [9.17, 15) is 5.11 Å². The molecule has 0 heterocycles. The zero-order chi connectivity index (χ0) is 13.9. The van der Waals surface area contributed by atoms with E-state index in [-0.39, 0.29) is 0 Å². The number of benzene rings is 2. The molecule has 0 bridgehead atoms. The first kappa shape index (κ1) is 13.6. The molecule has 1 N–H and O–H groups in total. The third-order valence-electron chi connectivity index (χ3n) is 3.05. The lowest BCUT2D eigenvalue weighted by Crippen LogP contribution is -2.17. The van der Waals surface area contributed by atoms with Gasteiger partial charge in [-0.15, -0.1) is 0 Å². The third-order valence-corrected chi connectivity index (χ3v) is 3.05. The maximum atomic E-state index is 10.3. The lowest BCUT2D eigenvalue weighted by Gasteiger charge is -2.23. The van der Waals surface area contributed by atoms with Crippen molar-refractivity contribution in [3.8, 4) is 16.9 Å². The Hall–Kier alpha value is -1.80. The van der Waals surface area contributed by atoms with Gasteiger partial charge in [0.1, 0.15) is 5.75 Å². The van der Waals surface area contributed by atoms with Crippen molar-refractivity contribution >= 4 is 0 Å². The minimum atomic E-state index is -0.921. The second-order valence-electron chi connectivity index (χ2n) is 5.04. The molecule has 0 aliphatic rings. The Labute approximate surface area is 114 Å². The molecule has 0 aromatic heterocycles. The molecule has 0 saturated heterocycles. The molecule has 0 aliphatic heterocycles. The van der Waals surface area contributed by atoms with Crippen LogP contribution in [0.1, 0.15) is 26.3 Å². The van der Waals surface area contributed by atoms with Crippen molar-refractivity contribution in [3.05, 3.63) is 54.1 Å². The average Bonchev–Trinajstić information content (AvgIpc) is 2.39. The molecule has 0 amide bonds. The first-order valence-electron chi connectivity index (χ1n) is 6.58. The Kier molecular flexibility index (Phi) is 3.91. The van der Waals surface area contributed by atoms with Crippen LogP contribution in [0.2, 0.25) is 0 Å². The van der Waals surface area contributed by atoms with E-state index in [0.717, 1.165) is 22.4 Å². The van der Waals surface area contributed by atoms with Crippen molar-refractivity contribution in [1.29, 1.82) is 0 Å². The third kappa shape index (κ3) is 2.96. The Balaban J connectivity index is 2.62. The minimum absolute atomic E-state index is 0.576. The molecule has 0 radical (unpaired) electrons. The van der Waals surface area contributed by atoms with Gasteiger partial charge < -0.3 is 9.84 Å². The normalized spacial score (nSPS) is 11.4. The molecule has 0 atom stereocenters. The fourth-order valence-electron chi connectivity index (χ4n) is 2.16. The summed E-state index contributed by atoms with van der Waals surface area (Å²) in [5, 5.41) is 10.3. The second kappa shape index (κ2) is 5.45. The van der Waals surface area contributed by atoms with E-state index in [2.05, 4.69) is 0 Å². The first-order valence-corrected chi connectivity index (χ1v) is 6.58. The molecule has 2 aromatic rings. The van der Waals surface area contributed by atoms with Crippen molar-refractivity contribution in [1.82, 2.24) is 0 Å². The van der Waals surface area contributed by atoms with Gasteiger partial charge in [-0.1, -0.05) is 48.5 Å². The lowest BCUT2D eigenvalue weighted by molar-refractivity contribution is 0.0750. The summed E-state index contributed by atoms with van der Waals surface area (Å²) in [5.74, 6) is 0.767. The molecule has 0 spiro atoms. The highest BCUT2D eigenvalue weighted by molar-refractivity contribution is 5.72. The Morgan fingerprint density at radius 2 is 1.68 bits per heavy atom. The van der Waals surface area contributed by atoms with Crippen LogP contribution in [0.4, 0.5) is 0 Å². The van der Waals surface area contributed by atoms with E-state index in [1.165, 1.54) is 0 Å². The van der Waals surface area contributed by atoms with Gasteiger partial charge in [0.2, 0.25) is 0 Å². The number of rotatable bonds is 4. The summed E-state index contributed by atoms with van der Waals surface area (Å²) in [7, 11) is 0. The molecule has 0 aliphatic carbocycles. The summed E-state index contributed by atoms with van der Waals surface area (Å²) in [6.45, 7) is 6.09. The number of aliphatic hydroxyl groups is 1. The smallest absolute Gasteiger partial charge is 0.133 e. The summed E-state index contributed by atoms with van der Waals surface area (Å²) >= 11 is 0. The number of hydrogen-bond donors (Lipinski definition) is 1. The van der Waals surface area contributed by atoms with Gasteiger partial charge in [0, 0.05) is 11.1 Å². The van der Waals surface area contributed by atoms with E-state index in [1.807, 2.05) is 55.5 Å². The predicted octanol–water partition coefficient (Wildman–Crippen LogP) is 3.98. The van der Waals surface area contributed by atoms with Crippen LogP contribution in [0.25, 0.3) is 11.1 Å². The van der Waals surface area contributed by atoms with Gasteiger partial charge in [-0.2, -0.15) is 0 Å². The monoisotopic (exact) mass is 256 g/mol. The Bertz CT molecular complexity index is 539. The van der Waals surface area contributed by atoms with Crippen molar-refractivity contribution < 1.29 is 9.84 Å². The molecule has 2 rings (SSSR count). The van der Waals surface area contributed by atoms with Crippen molar-refractivity contribution in [3.63, 3.8) is 0 Å². The first-order chi connectivity index (χ1) is 9.04. The van der Waals surface area contributed by atoms with E-state index in [0.29, 0.717) is 6.61 Å². The van der Waals surface area contributed by atoms with E-state index in [1.54, 1.807) is 13.8 Å². The highest BCUT2D eigenvalue weighted by atomic mass is 16.5. The summed E-state index contributed by atoms with van der Waals surface area (Å²) in [6, 6.07) is 16.0. The molecule has 2 heteroatoms. The van der Waals surface area contributed by atoms with Crippen LogP contribution < -0.4 is 4.74 Å². The maximum absolute atomic E-state index is 10.3. The SMILES string of the molecule is CCOc1c(-c2ccccc2)cccc1C(C)(C)O. The van der Waals surface area contributed by atoms with E-state index in [4.69, 9.17) is 4.74 Å². The summed E-state index contributed by atoms with van der Waals surface area (Å²) < 4.78 is 5.79. The zero-order valence-electron chi connectivity index (χ0n) is 11.7. The number of ether oxygens (including phenoxy) is 1. The maximum Gasteiger partial charge on any atom is 0.133 e. The van der Waals surface area contributed by atoms with Gasteiger partial charge in [0.25, 0.3) is 0 Å². The van der Waals surface area contributed by atoms with E-state index < -0.39 is 5.60 Å². The van der Waals surface area contributed by atoms with Crippen LogP contribution in [0.3, 0.4) is 0 Å². The molecule has 100 valence electrons. The standard InChI is InChI=1S/C17H20O2/c1-4-19-16-14(13-9-6-5-7-10-13)11-8-12-15(16)17(2,3)18/h5-12,18H,4H2,1-3H3. The van der Waals surface area contributed by atoms with Crippen LogP contribution in [-0.2, 0) is 5.60 Å². The van der Waals surface area contributed by atoms with Gasteiger partial charge in [-0.25, -0.2) is 0 Å². The van der Waals surface area contributed by atoms with Gasteiger partial charge in [-0.3, -0.25) is 0 Å². The molecule has 19 heavy (non-hydrogen) atoms. The van der Waals surface area contributed by atoms with Crippen LogP contribution in [0, 0.1) is 0 Å². The largest absolute Gasteiger partial charge is 0.493 e. The van der Waals surface area contributed by atoms with Gasteiger partial charge in [0.05, 0.1) is 12.2 Å². The summed E-state index contributed by atoms with van der Waals surface area (Å²) in [5.41, 5.74) is 2.00. The summed E-state index contributed by atoms with van der Waals surface area (Å²) in [6.07, 6.45) is 0. The zero-order valence-corrected chi connectivity index (χ0v) is 11.7. The van der Waals surface area contributed by atoms with Crippen LogP contribution >= 0.6 is 0 Å². The summed E-state index contributed by atoms with van der Waals surface area (Å²) in [4.78, 5) is 0. The molecule has 2 aromatic carbocycles. The lowest BCUT2D eigenvalue weighted by atomic mass is 9.92. The highest BCUT2D eigenvalue weighted by Crippen LogP contribution is 2.38. The fraction of sp³-hybridized carbons (Fsp3) is 0.294. The highest BCUT2D eigenvalue weighted by Gasteiger charge is 2.23. The van der Waals surface area contributed by atoms with E-state index >= 15 is 0 Å². The van der Waals surface area contributed by atoms with Gasteiger partial charge in [0.15, 0.2) is 0 Å². The van der Waals surface area contributed by atoms with Crippen molar-refractivity contribution in [2.75, 3.05) is 6.61 Å². The Morgan fingerprint density at radius 1 is 1.00 bits per heavy atom. The molecule has 0 saturated carbocycles. The quantitative estimate of drug-likeness (QED) is 0.896. The number of para-hydroxylation sites is 1. The molecular weight excluding hydrogens is 236 g/mol. The molecule has 2 nitrogen and oxygen atoms in total.